The minimum absolute atomic E-state index is 0.0885. The van der Waals surface area contributed by atoms with Gasteiger partial charge in [-0.3, -0.25) is 14.6 Å². The van der Waals surface area contributed by atoms with Crippen LogP contribution in [0.15, 0.2) is 60.8 Å². The van der Waals surface area contributed by atoms with E-state index in [1.54, 1.807) is 29.2 Å². The maximum absolute atomic E-state index is 13.2. The first-order valence-electron chi connectivity index (χ1n) is 11.3. The molecule has 0 aliphatic carbocycles. The third-order valence-electron chi connectivity index (χ3n) is 5.45. The predicted molar refractivity (Wildman–Crippen MR) is 132 cm³/mol. The number of imide groups is 1. The Bertz CT molecular complexity index is 1250. The van der Waals surface area contributed by atoms with Crippen LogP contribution in [-0.4, -0.2) is 55.5 Å². The second-order valence-corrected chi connectivity index (χ2v) is 8.53. The highest BCUT2D eigenvalue weighted by molar-refractivity contribution is 6.30. The van der Waals surface area contributed by atoms with Gasteiger partial charge in [0.05, 0.1) is 12.6 Å². The van der Waals surface area contributed by atoms with Crippen molar-refractivity contribution in [1.29, 1.82) is 0 Å². The van der Waals surface area contributed by atoms with E-state index in [1.807, 2.05) is 19.1 Å². The average Bonchev–Trinajstić information content (AvgIpc) is 2.86. The Kier molecular flexibility index (Phi) is 7.65. The molecule has 0 bridgehead atoms. The van der Waals surface area contributed by atoms with Gasteiger partial charge in [-0.2, -0.15) is 0 Å². The minimum atomic E-state index is -1.16. The number of anilines is 1. The molecule has 1 atom stereocenters. The van der Waals surface area contributed by atoms with E-state index in [-0.39, 0.29) is 36.5 Å². The SMILES string of the molecule is CCCN1C(=O)CC(Nc2ccc(Oc3cccc(C(=O)O)n3)cn2)N(Cc2ccc(Cl)cc2)C1=O. The van der Waals surface area contributed by atoms with E-state index in [0.29, 0.717) is 29.6 Å². The topological polar surface area (TPSA) is 125 Å². The second-order valence-electron chi connectivity index (χ2n) is 8.09. The van der Waals surface area contributed by atoms with Crippen molar-refractivity contribution in [1.82, 2.24) is 19.8 Å². The van der Waals surface area contributed by atoms with Crippen LogP contribution in [-0.2, 0) is 11.3 Å². The van der Waals surface area contributed by atoms with Crippen LogP contribution in [0.1, 0.15) is 35.8 Å². The Morgan fingerprint density at radius 2 is 1.94 bits per heavy atom. The van der Waals surface area contributed by atoms with Gasteiger partial charge in [-0.25, -0.2) is 19.6 Å². The molecule has 3 heterocycles. The summed E-state index contributed by atoms with van der Waals surface area (Å²) in [5.74, 6) is -0.513. The lowest BCUT2D eigenvalue weighted by Gasteiger charge is -2.40. The molecular formula is C25H24ClN5O5. The molecule has 1 aromatic carbocycles. The van der Waals surface area contributed by atoms with Crippen molar-refractivity contribution in [2.75, 3.05) is 11.9 Å². The standard InChI is InChI=1S/C25H24ClN5O5/c1-2-12-30-23(32)13-21(31(25(30)35)15-16-6-8-17(26)9-7-16)29-20-11-10-18(14-27-20)36-22-5-3-4-19(28-22)24(33)34/h3-11,14,21H,2,12-13,15H2,1H3,(H,27,29)(H,33,34). The van der Waals surface area contributed by atoms with Crippen LogP contribution in [0.4, 0.5) is 10.6 Å². The number of ether oxygens (including phenoxy) is 1. The molecule has 3 amide bonds. The highest BCUT2D eigenvalue weighted by Gasteiger charge is 2.38. The summed E-state index contributed by atoms with van der Waals surface area (Å²) in [6.07, 6.45) is 1.58. The van der Waals surface area contributed by atoms with Crippen molar-refractivity contribution in [2.45, 2.75) is 32.5 Å². The zero-order valence-corrected chi connectivity index (χ0v) is 20.2. The van der Waals surface area contributed by atoms with Gasteiger partial charge in [0.2, 0.25) is 11.8 Å². The number of hydrogen-bond acceptors (Lipinski definition) is 7. The molecule has 4 rings (SSSR count). The van der Waals surface area contributed by atoms with Gasteiger partial charge in [0, 0.05) is 24.2 Å². The van der Waals surface area contributed by atoms with Crippen LogP contribution in [0.25, 0.3) is 0 Å². The number of pyridine rings is 2. The van der Waals surface area contributed by atoms with E-state index in [1.165, 1.54) is 29.3 Å². The highest BCUT2D eigenvalue weighted by Crippen LogP contribution is 2.25. The molecule has 1 fully saturated rings. The fraction of sp³-hybridized carbons (Fsp3) is 0.240. The second kappa shape index (κ2) is 11.0. The zero-order valence-electron chi connectivity index (χ0n) is 19.4. The molecular weight excluding hydrogens is 486 g/mol. The van der Waals surface area contributed by atoms with Crippen LogP contribution in [0, 0.1) is 0 Å². The molecule has 0 radical (unpaired) electrons. The van der Waals surface area contributed by atoms with E-state index in [4.69, 9.17) is 21.4 Å². The summed E-state index contributed by atoms with van der Waals surface area (Å²) in [6.45, 7) is 2.55. The molecule has 186 valence electrons. The minimum Gasteiger partial charge on any atom is -0.477 e. The monoisotopic (exact) mass is 509 g/mol. The van der Waals surface area contributed by atoms with Gasteiger partial charge < -0.3 is 15.2 Å². The lowest BCUT2D eigenvalue weighted by atomic mass is 10.1. The van der Waals surface area contributed by atoms with Crippen molar-refractivity contribution in [2.24, 2.45) is 0 Å². The summed E-state index contributed by atoms with van der Waals surface area (Å²) >= 11 is 5.99. The number of rotatable bonds is 9. The normalized spacial score (nSPS) is 15.7. The molecule has 36 heavy (non-hydrogen) atoms. The fourth-order valence-corrected chi connectivity index (χ4v) is 3.85. The first kappa shape index (κ1) is 24.9. The van der Waals surface area contributed by atoms with E-state index in [2.05, 4.69) is 15.3 Å². The number of nitrogens with zero attached hydrogens (tertiary/aromatic N) is 4. The molecule has 0 saturated carbocycles. The molecule has 1 aliphatic heterocycles. The first-order chi connectivity index (χ1) is 17.3. The van der Waals surface area contributed by atoms with Gasteiger partial charge in [0.15, 0.2) is 5.69 Å². The summed E-state index contributed by atoms with van der Waals surface area (Å²) in [7, 11) is 0. The molecule has 2 N–H and O–H groups in total. The van der Waals surface area contributed by atoms with Crippen LogP contribution in [0.5, 0.6) is 11.6 Å². The van der Waals surface area contributed by atoms with Crippen LogP contribution in [0.3, 0.4) is 0 Å². The summed E-state index contributed by atoms with van der Waals surface area (Å²) in [5, 5.41) is 12.8. The highest BCUT2D eigenvalue weighted by atomic mass is 35.5. The van der Waals surface area contributed by atoms with Gasteiger partial charge in [-0.05, 0) is 42.3 Å². The summed E-state index contributed by atoms with van der Waals surface area (Å²) in [6, 6.07) is 14.5. The van der Waals surface area contributed by atoms with Crippen molar-refractivity contribution < 1.29 is 24.2 Å². The fourth-order valence-electron chi connectivity index (χ4n) is 3.73. The number of nitrogens with one attached hydrogen (secondary N) is 1. The lowest BCUT2D eigenvalue weighted by Crippen LogP contribution is -2.59. The Morgan fingerprint density at radius 3 is 2.61 bits per heavy atom. The van der Waals surface area contributed by atoms with E-state index >= 15 is 0 Å². The lowest BCUT2D eigenvalue weighted by molar-refractivity contribution is -0.132. The van der Waals surface area contributed by atoms with E-state index in [9.17, 15) is 14.4 Å². The van der Waals surface area contributed by atoms with Crippen molar-refractivity contribution >= 4 is 35.3 Å². The summed E-state index contributed by atoms with van der Waals surface area (Å²) < 4.78 is 5.60. The molecule has 1 aliphatic rings. The van der Waals surface area contributed by atoms with Crippen molar-refractivity contribution in [3.05, 3.63) is 77.1 Å². The number of halogens is 1. The van der Waals surface area contributed by atoms with Gasteiger partial charge >= 0.3 is 12.0 Å². The largest absolute Gasteiger partial charge is 0.477 e. The molecule has 11 heteroatoms. The van der Waals surface area contributed by atoms with Gasteiger partial charge in [-0.1, -0.05) is 36.7 Å². The Morgan fingerprint density at radius 1 is 1.17 bits per heavy atom. The van der Waals surface area contributed by atoms with Gasteiger partial charge in [0.1, 0.15) is 17.7 Å². The van der Waals surface area contributed by atoms with Gasteiger partial charge in [0.25, 0.3) is 0 Å². The number of carbonyl (C=O) groups is 3. The van der Waals surface area contributed by atoms with Gasteiger partial charge in [-0.15, -0.1) is 0 Å². The van der Waals surface area contributed by atoms with Crippen LogP contribution in [0.2, 0.25) is 5.02 Å². The third-order valence-corrected chi connectivity index (χ3v) is 5.70. The summed E-state index contributed by atoms with van der Waals surface area (Å²) in [4.78, 5) is 48.1. The number of benzene rings is 1. The Hall–Kier alpha value is -4.18. The number of carboxylic acid groups (broad SMARTS) is 1. The molecule has 1 saturated heterocycles. The number of urea groups is 1. The number of carbonyl (C=O) groups excluding carboxylic acids is 2. The predicted octanol–water partition coefficient (Wildman–Crippen LogP) is 4.62. The van der Waals surface area contributed by atoms with Crippen molar-refractivity contribution in [3.63, 3.8) is 0 Å². The Labute approximate surface area is 212 Å². The van der Waals surface area contributed by atoms with Crippen LogP contribution < -0.4 is 10.1 Å². The molecule has 10 nitrogen and oxygen atoms in total. The Balaban J connectivity index is 1.50. The number of aromatic nitrogens is 2. The molecule has 3 aromatic rings. The smallest absolute Gasteiger partial charge is 0.354 e. The van der Waals surface area contributed by atoms with E-state index in [0.717, 1.165) is 5.56 Å². The van der Waals surface area contributed by atoms with Crippen molar-refractivity contribution in [3.8, 4) is 11.6 Å². The molecule has 2 aromatic heterocycles. The maximum Gasteiger partial charge on any atom is 0.354 e. The number of hydrogen-bond donors (Lipinski definition) is 2. The quantitative estimate of drug-likeness (QED) is 0.428. The number of amides is 3. The zero-order chi connectivity index (χ0) is 25.7. The first-order valence-corrected chi connectivity index (χ1v) is 11.7. The number of aromatic carboxylic acids is 1. The molecule has 1 unspecified atom stereocenters. The average molecular weight is 510 g/mol. The third kappa shape index (κ3) is 5.89. The number of carboxylic acids is 1. The summed E-state index contributed by atoms with van der Waals surface area (Å²) in [5.41, 5.74) is 0.737. The molecule has 0 spiro atoms. The van der Waals surface area contributed by atoms with E-state index < -0.39 is 12.1 Å². The maximum atomic E-state index is 13.2. The van der Waals surface area contributed by atoms with Crippen LogP contribution >= 0.6 is 11.6 Å².